The second kappa shape index (κ2) is 6.20. The summed E-state index contributed by atoms with van der Waals surface area (Å²) in [5, 5.41) is 8.51. The molecule has 0 aromatic carbocycles. The maximum Gasteiger partial charge on any atom is 0.109 e. The van der Waals surface area contributed by atoms with Gasteiger partial charge in [-0.25, -0.2) is 9.97 Å². The number of hydrogen-bond donors (Lipinski definition) is 2. The third kappa shape index (κ3) is 3.85. The monoisotopic (exact) mass is 268 g/mol. The van der Waals surface area contributed by atoms with Gasteiger partial charge in [-0.2, -0.15) is 0 Å². The molecule has 0 aliphatic carbocycles. The summed E-state index contributed by atoms with van der Waals surface area (Å²) in [6.07, 6.45) is 0.966. The number of hydrogen-bond acceptors (Lipinski definition) is 6. The first-order valence-electron chi connectivity index (χ1n) is 5.53. The summed E-state index contributed by atoms with van der Waals surface area (Å²) in [5.41, 5.74) is 9.85. The van der Waals surface area contributed by atoms with Gasteiger partial charge in [-0.3, -0.25) is 0 Å². The van der Waals surface area contributed by atoms with Crippen molar-refractivity contribution in [1.29, 1.82) is 0 Å². The molecule has 0 fully saturated rings. The second-order valence-electron chi connectivity index (χ2n) is 3.87. The Morgan fingerprint density at radius 3 is 2.94 bits per heavy atom. The van der Waals surface area contributed by atoms with Crippen molar-refractivity contribution in [3.05, 3.63) is 32.7 Å². The summed E-state index contributed by atoms with van der Waals surface area (Å²) < 4.78 is 0. The Hall–Kier alpha value is -0.820. The van der Waals surface area contributed by atoms with Crippen LogP contribution in [0.5, 0.6) is 0 Å². The molecule has 0 spiro atoms. The number of nitrogens with two attached hydrogens (primary N) is 1. The highest BCUT2D eigenvalue weighted by Crippen LogP contribution is 2.15. The van der Waals surface area contributed by atoms with Gasteiger partial charge in [0.25, 0.3) is 0 Å². The van der Waals surface area contributed by atoms with Gasteiger partial charge in [0, 0.05) is 30.3 Å². The third-order valence-electron chi connectivity index (χ3n) is 2.31. The Kier molecular flexibility index (Phi) is 4.61. The largest absolute Gasteiger partial charge is 0.322 e. The highest BCUT2D eigenvalue weighted by atomic mass is 32.1. The normalized spacial score (nSPS) is 12.8. The molecule has 0 saturated carbocycles. The summed E-state index contributed by atoms with van der Waals surface area (Å²) in [4.78, 5) is 8.70. The molecule has 0 radical (unpaired) electrons. The van der Waals surface area contributed by atoms with Gasteiger partial charge in [-0.1, -0.05) is 0 Å². The van der Waals surface area contributed by atoms with Crippen LogP contribution in [0.25, 0.3) is 0 Å². The predicted octanol–water partition coefficient (Wildman–Crippen LogP) is 1.95. The summed E-state index contributed by atoms with van der Waals surface area (Å²) in [6, 6.07) is 0.0313. The molecule has 0 saturated heterocycles. The average Bonchev–Trinajstić information content (AvgIpc) is 2.96. The Morgan fingerprint density at radius 2 is 2.29 bits per heavy atom. The molecule has 17 heavy (non-hydrogen) atoms. The fourth-order valence-corrected chi connectivity index (χ4v) is 2.78. The van der Waals surface area contributed by atoms with Crippen LogP contribution in [0, 0.1) is 0 Å². The number of aromatic nitrogens is 2. The fourth-order valence-electron chi connectivity index (χ4n) is 1.41. The first-order valence-corrected chi connectivity index (χ1v) is 7.35. The van der Waals surface area contributed by atoms with E-state index in [4.69, 9.17) is 5.73 Å². The molecule has 3 N–H and O–H groups in total. The highest BCUT2D eigenvalue weighted by Gasteiger charge is 2.05. The number of thiazole rings is 2. The first kappa shape index (κ1) is 12.6. The molecule has 2 rings (SSSR count). The number of rotatable bonds is 6. The maximum atomic E-state index is 5.77. The number of nitrogens with one attached hydrogen (secondary N) is 1. The van der Waals surface area contributed by atoms with Gasteiger partial charge in [-0.15, -0.1) is 22.7 Å². The van der Waals surface area contributed by atoms with Gasteiger partial charge in [0.1, 0.15) is 5.01 Å². The Balaban J connectivity index is 1.71. The van der Waals surface area contributed by atoms with Crippen LogP contribution in [0.1, 0.15) is 29.4 Å². The minimum atomic E-state index is 0.0313. The van der Waals surface area contributed by atoms with Crippen molar-refractivity contribution < 1.29 is 0 Å². The highest BCUT2D eigenvalue weighted by molar-refractivity contribution is 7.09. The van der Waals surface area contributed by atoms with Crippen LogP contribution < -0.4 is 11.1 Å². The lowest BCUT2D eigenvalue weighted by Crippen LogP contribution is -2.17. The molecule has 92 valence electrons. The van der Waals surface area contributed by atoms with Gasteiger partial charge in [0.05, 0.1) is 22.9 Å². The molecule has 2 heterocycles. The molecular formula is C11H16N4S2. The van der Waals surface area contributed by atoms with E-state index in [-0.39, 0.29) is 6.04 Å². The molecule has 2 aromatic rings. The van der Waals surface area contributed by atoms with E-state index in [1.54, 1.807) is 22.7 Å². The summed E-state index contributed by atoms with van der Waals surface area (Å²) in [5.74, 6) is 0. The molecule has 0 bridgehead atoms. The maximum absolute atomic E-state index is 5.77. The van der Waals surface area contributed by atoms with E-state index < -0.39 is 0 Å². The van der Waals surface area contributed by atoms with Crippen LogP contribution in [0.3, 0.4) is 0 Å². The van der Waals surface area contributed by atoms with Gasteiger partial charge in [-0.05, 0) is 6.92 Å². The zero-order valence-electron chi connectivity index (χ0n) is 9.72. The van der Waals surface area contributed by atoms with E-state index in [1.165, 1.54) is 0 Å². The van der Waals surface area contributed by atoms with Crippen molar-refractivity contribution in [2.24, 2.45) is 5.73 Å². The standard InChI is InChI=1S/C11H16N4S2/c1-8(12)11-15-10(6-17-11)4-13-3-2-9-5-16-7-14-9/h5-8,13H,2-4,12H2,1H3. The van der Waals surface area contributed by atoms with Crippen LogP contribution in [-0.2, 0) is 13.0 Å². The van der Waals surface area contributed by atoms with E-state index in [0.29, 0.717) is 0 Å². The van der Waals surface area contributed by atoms with E-state index in [9.17, 15) is 0 Å². The average molecular weight is 268 g/mol. The molecule has 0 aliphatic heterocycles. The molecule has 2 aromatic heterocycles. The lowest BCUT2D eigenvalue weighted by atomic mass is 10.3. The van der Waals surface area contributed by atoms with E-state index in [1.807, 2.05) is 12.4 Å². The fraction of sp³-hybridized carbons (Fsp3) is 0.455. The molecule has 0 aliphatic rings. The Bertz CT molecular complexity index is 436. The Morgan fingerprint density at radius 1 is 1.41 bits per heavy atom. The van der Waals surface area contributed by atoms with Crippen molar-refractivity contribution >= 4 is 22.7 Å². The van der Waals surface area contributed by atoms with Gasteiger partial charge in [0.2, 0.25) is 0 Å². The van der Waals surface area contributed by atoms with Crippen molar-refractivity contribution in [3.63, 3.8) is 0 Å². The van der Waals surface area contributed by atoms with Crippen molar-refractivity contribution in [3.8, 4) is 0 Å². The van der Waals surface area contributed by atoms with Crippen molar-refractivity contribution in [1.82, 2.24) is 15.3 Å². The third-order valence-corrected chi connectivity index (χ3v) is 4.04. The van der Waals surface area contributed by atoms with E-state index in [2.05, 4.69) is 26.0 Å². The second-order valence-corrected chi connectivity index (χ2v) is 5.48. The smallest absolute Gasteiger partial charge is 0.109 e. The summed E-state index contributed by atoms with van der Waals surface area (Å²) >= 11 is 3.26. The van der Waals surface area contributed by atoms with Crippen molar-refractivity contribution in [2.45, 2.75) is 25.9 Å². The van der Waals surface area contributed by atoms with E-state index >= 15 is 0 Å². The van der Waals surface area contributed by atoms with Crippen molar-refractivity contribution in [2.75, 3.05) is 6.54 Å². The zero-order chi connectivity index (χ0) is 12.1. The number of nitrogens with zero attached hydrogens (tertiary/aromatic N) is 2. The predicted molar refractivity (Wildman–Crippen MR) is 72.2 cm³/mol. The van der Waals surface area contributed by atoms with Crippen LogP contribution >= 0.6 is 22.7 Å². The van der Waals surface area contributed by atoms with Gasteiger partial charge >= 0.3 is 0 Å². The van der Waals surface area contributed by atoms with Crippen LogP contribution in [0.4, 0.5) is 0 Å². The summed E-state index contributed by atoms with van der Waals surface area (Å²) in [6.45, 7) is 3.68. The SMILES string of the molecule is CC(N)c1nc(CNCCc2cscn2)cs1. The molecule has 6 heteroatoms. The topological polar surface area (TPSA) is 63.8 Å². The first-order chi connectivity index (χ1) is 8.25. The zero-order valence-corrected chi connectivity index (χ0v) is 11.4. The lowest BCUT2D eigenvalue weighted by Gasteiger charge is -2.01. The molecular weight excluding hydrogens is 252 g/mol. The molecule has 0 amide bonds. The van der Waals surface area contributed by atoms with Crippen LogP contribution in [0.2, 0.25) is 0 Å². The molecule has 1 atom stereocenters. The quantitative estimate of drug-likeness (QED) is 0.786. The minimum Gasteiger partial charge on any atom is -0.322 e. The molecule has 1 unspecified atom stereocenters. The van der Waals surface area contributed by atoms with Gasteiger partial charge in [0.15, 0.2) is 0 Å². The molecule has 4 nitrogen and oxygen atoms in total. The van der Waals surface area contributed by atoms with Crippen LogP contribution in [-0.4, -0.2) is 16.5 Å². The van der Waals surface area contributed by atoms with Gasteiger partial charge < -0.3 is 11.1 Å². The Labute approximate surface area is 109 Å². The minimum absolute atomic E-state index is 0.0313. The summed E-state index contributed by atoms with van der Waals surface area (Å²) in [7, 11) is 0. The lowest BCUT2D eigenvalue weighted by molar-refractivity contribution is 0.668. The van der Waals surface area contributed by atoms with Crippen LogP contribution in [0.15, 0.2) is 16.3 Å². The van der Waals surface area contributed by atoms with E-state index in [0.717, 1.165) is 35.9 Å².